The Morgan fingerprint density at radius 3 is 2.29 bits per heavy atom. The number of nitrogens with one attached hydrogen (secondary N) is 1. The summed E-state index contributed by atoms with van der Waals surface area (Å²) in [5.74, 6) is 0.620. The molecular weight excluding hydrogens is 210 g/mol. The van der Waals surface area contributed by atoms with E-state index >= 15 is 0 Å². The molecule has 0 aromatic rings. The number of rotatable bonds is 6. The van der Waals surface area contributed by atoms with Crippen LogP contribution in [0.4, 0.5) is 0 Å². The van der Waals surface area contributed by atoms with Crippen molar-refractivity contribution in [3.8, 4) is 0 Å². The van der Waals surface area contributed by atoms with Crippen molar-refractivity contribution in [2.45, 2.75) is 83.5 Å². The lowest BCUT2D eigenvalue weighted by Crippen LogP contribution is -2.47. The first-order valence-corrected chi connectivity index (χ1v) is 7.52. The van der Waals surface area contributed by atoms with Crippen molar-refractivity contribution in [1.29, 1.82) is 0 Å². The molecular formula is C15H29NO. The molecule has 100 valence electrons. The fraction of sp³-hybridized carbons (Fsp3) is 1.00. The summed E-state index contributed by atoms with van der Waals surface area (Å²) < 4.78 is 6.46. The molecule has 17 heavy (non-hydrogen) atoms. The molecule has 2 aliphatic carbocycles. The van der Waals surface area contributed by atoms with Crippen molar-refractivity contribution in [3.05, 3.63) is 0 Å². The third kappa shape index (κ3) is 3.96. The van der Waals surface area contributed by atoms with Crippen LogP contribution in [0.25, 0.3) is 0 Å². The van der Waals surface area contributed by atoms with Crippen molar-refractivity contribution in [2.24, 2.45) is 5.92 Å². The van der Waals surface area contributed by atoms with Crippen LogP contribution in [0.1, 0.15) is 65.7 Å². The van der Waals surface area contributed by atoms with Gasteiger partial charge in [0.1, 0.15) is 0 Å². The lowest BCUT2D eigenvalue weighted by Gasteiger charge is -2.40. The van der Waals surface area contributed by atoms with E-state index in [0.717, 1.165) is 12.6 Å². The van der Waals surface area contributed by atoms with Gasteiger partial charge in [0.2, 0.25) is 0 Å². The van der Waals surface area contributed by atoms with Crippen LogP contribution in [0.3, 0.4) is 0 Å². The zero-order valence-electron chi connectivity index (χ0n) is 11.8. The SMILES string of the molecule is CC(C)C(C)OC1(CNC2CC2)CCCCC1. The molecule has 0 heterocycles. The van der Waals surface area contributed by atoms with Gasteiger partial charge in [0.25, 0.3) is 0 Å². The third-order valence-electron chi connectivity index (χ3n) is 4.43. The smallest absolute Gasteiger partial charge is 0.0810 e. The van der Waals surface area contributed by atoms with Crippen LogP contribution in [0.2, 0.25) is 0 Å². The van der Waals surface area contributed by atoms with E-state index in [0.29, 0.717) is 12.0 Å². The first-order chi connectivity index (χ1) is 8.11. The van der Waals surface area contributed by atoms with E-state index in [4.69, 9.17) is 4.74 Å². The Bertz CT molecular complexity index is 229. The minimum absolute atomic E-state index is 0.143. The van der Waals surface area contributed by atoms with Gasteiger partial charge in [0.05, 0.1) is 11.7 Å². The molecule has 0 aliphatic heterocycles. The van der Waals surface area contributed by atoms with Crippen LogP contribution in [-0.2, 0) is 4.74 Å². The van der Waals surface area contributed by atoms with Gasteiger partial charge in [-0.3, -0.25) is 0 Å². The Kier molecular flexibility index (Phi) is 4.48. The summed E-state index contributed by atoms with van der Waals surface area (Å²) in [7, 11) is 0. The molecule has 2 heteroatoms. The summed E-state index contributed by atoms with van der Waals surface area (Å²) in [6.45, 7) is 7.83. The molecule has 0 spiro atoms. The van der Waals surface area contributed by atoms with Crippen molar-refractivity contribution in [2.75, 3.05) is 6.54 Å². The second-order valence-corrected chi connectivity index (χ2v) is 6.47. The Labute approximate surface area is 107 Å². The molecule has 2 rings (SSSR count). The highest BCUT2D eigenvalue weighted by molar-refractivity contribution is 4.91. The number of hydrogen-bond acceptors (Lipinski definition) is 2. The molecule has 0 aromatic heterocycles. The Hall–Kier alpha value is -0.0800. The van der Waals surface area contributed by atoms with E-state index in [1.807, 2.05) is 0 Å². The summed E-state index contributed by atoms with van der Waals surface area (Å²) in [6.07, 6.45) is 9.71. The third-order valence-corrected chi connectivity index (χ3v) is 4.43. The van der Waals surface area contributed by atoms with E-state index in [1.165, 1.54) is 44.9 Å². The Morgan fingerprint density at radius 2 is 1.76 bits per heavy atom. The van der Waals surface area contributed by atoms with E-state index in [9.17, 15) is 0 Å². The van der Waals surface area contributed by atoms with Crippen molar-refractivity contribution >= 4 is 0 Å². The van der Waals surface area contributed by atoms with Crippen LogP contribution in [-0.4, -0.2) is 24.3 Å². The van der Waals surface area contributed by atoms with Gasteiger partial charge in [-0.2, -0.15) is 0 Å². The van der Waals surface area contributed by atoms with Gasteiger partial charge in [-0.15, -0.1) is 0 Å². The van der Waals surface area contributed by atoms with Crippen LogP contribution in [0, 0.1) is 5.92 Å². The standard InChI is InChI=1S/C15H29NO/c1-12(2)13(3)17-15(9-5-4-6-10-15)11-16-14-7-8-14/h12-14,16H,4-11H2,1-3H3. The highest BCUT2D eigenvalue weighted by atomic mass is 16.5. The zero-order valence-corrected chi connectivity index (χ0v) is 11.8. The van der Waals surface area contributed by atoms with E-state index in [1.54, 1.807) is 0 Å². The second-order valence-electron chi connectivity index (χ2n) is 6.47. The first-order valence-electron chi connectivity index (χ1n) is 7.52. The molecule has 0 saturated heterocycles. The minimum atomic E-state index is 0.143. The topological polar surface area (TPSA) is 21.3 Å². The molecule has 0 amide bonds. The number of hydrogen-bond donors (Lipinski definition) is 1. The maximum absolute atomic E-state index is 6.46. The lowest BCUT2D eigenvalue weighted by atomic mass is 9.84. The van der Waals surface area contributed by atoms with E-state index in [2.05, 4.69) is 26.1 Å². The van der Waals surface area contributed by atoms with Gasteiger partial charge in [0, 0.05) is 12.6 Å². The van der Waals surface area contributed by atoms with Crippen LogP contribution in [0.5, 0.6) is 0 Å². The van der Waals surface area contributed by atoms with Crippen molar-refractivity contribution in [1.82, 2.24) is 5.32 Å². The average Bonchev–Trinajstić information content (AvgIpc) is 3.11. The maximum Gasteiger partial charge on any atom is 0.0810 e. The van der Waals surface area contributed by atoms with Crippen molar-refractivity contribution < 1.29 is 4.74 Å². The predicted octanol–water partition coefficient (Wildman–Crippen LogP) is 3.50. The average molecular weight is 239 g/mol. The zero-order chi connectivity index (χ0) is 12.3. The fourth-order valence-electron chi connectivity index (χ4n) is 2.68. The van der Waals surface area contributed by atoms with Gasteiger partial charge < -0.3 is 10.1 Å². The molecule has 0 radical (unpaired) electrons. The summed E-state index contributed by atoms with van der Waals surface area (Å²) in [6, 6.07) is 0.798. The molecule has 0 bridgehead atoms. The van der Waals surface area contributed by atoms with Gasteiger partial charge in [-0.1, -0.05) is 33.1 Å². The second kappa shape index (κ2) is 5.71. The van der Waals surface area contributed by atoms with Gasteiger partial charge in [-0.25, -0.2) is 0 Å². The maximum atomic E-state index is 6.46. The largest absolute Gasteiger partial charge is 0.370 e. The predicted molar refractivity (Wildman–Crippen MR) is 72.2 cm³/mol. The molecule has 1 unspecified atom stereocenters. The van der Waals surface area contributed by atoms with Gasteiger partial charge in [0.15, 0.2) is 0 Å². The first kappa shape index (κ1) is 13.4. The van der Waals surface area contributed by atoms with Crippen molar-refractivity contribution in [3.63, 3.8) is 0 Å². The molecule has 2 aliphatic rings. The Balaban J connectivity index is 1.89. The quantitative estimate of drug-likeness (QED) is 0.766. The molecule has 2 nitrogen and oxygen atoms in total. The Morgan fingerprint density at radius 1 is 1.12 bits per heavy atom. The summed E-state index contributed by atoms with van der Waals surface area (Å²) in [4.78, 5) is 0. The van der Waals surface area contributed by atoms with Gasteiger partial charge >= 0.3 is 0 Å². The van der Waals surface area contributed by atoms with E-state index < -0.39 is 0 Å². The van der Waals surface area contributed by atoms with E-state index in [-0.39, 0.29) is 5.60 Å². The lowest BCUT2D eigenvalue weighted by molar-refractivity contribution is -0.119. The fourth-order valence-corrected chi connectivity index (χ4v) is 2.68. The van der Waals surface area contributed by atoms with Crippen LogP contribution < -0.4 is 5.32 Å². The number of ether oxygens (including phenoxy) is 1. The molecule has 1 atom stereocenters. The molecule has 1 N–H and O–H groups in total. The summed E-state index contributed by atoms with van der Waals surface area (Å²) in [5.41, 5.74) is 0.143. The molecule has 2 fully saturated rings. The summed E-state index contributed by atoms with van der Waals surface area (Å²) in [5, 5.41) is 3.69. The van der Waals surface area contributed by atoms with Crippen LogP contribution >= 0.6 is 0 Å². The minimum Gasteiger partial charge on any atom is -0.370 e. The molecule has 0 aromatic carbocycles. The van der Waals surface area contributed by atoms with Crippen LogP contribution in [0.15, 0.2) is 0 Å². The highest BCUT2D eigenvalue weighted by Crippen LogP contribution is 2.34. The highest BCUT2D eigenvalue weighted by Gasteiger charge is 2.36. The monoisotopic (exact) mass is 239 g/mol. The summed E-state index contributed by atoms with van der Waals surface area (Å²) >= 11 is 0. The normalized spacial score (nSPS) is 26.1. The molecule has 2 saturated carbocycles. The van der Waals surface area contributed by atoms with Gasteiger partial charge in [-0.05, 0) is 38.5 Å².